The van der Waals surface area contributed by atoms with Crippen LogP contribution in [-0.2, 0) is 11.2 Å². The summed E-state index contributed by atoms with van der Waals surface area (Å²) in [5.74, 6) is -0.896. The van der Waals surface area contributed by atoms with Crippen molar-refractivity contribution >= 4 is 5.97 Å². The molecule has 1 aliphatic rings. The molecule has 0 fully saturated rings. The number of hydrogen-bond acceptors (Lipinski definition) is 3. The Hall–Kier alpha value is -1.65. The highest BCUT2D eigenvalue weighted by atomic mass is 16.4. The Kier molecular flexibility index (Phi) is 2.53. The van der Waals surface area contributed by atoms with E-state index in [-0.39, 0.29) is 12.3 Å². The Morgan fingerprint density at radius 1 is 1.67 bits per heavy atom. The van der Waals surface area contributed by atoms with Gasteiger partial charge in [0.15, 0.2) is 0 Å². The van der Waals surface area contributed by atoms with Crippen molar-refractivity contribution in [1.29, 1.82) is 0 Å². The minimum atomic E-state index is -0.828. The van der Waals surface area contributed by atoms with E-state index >= 15 is 0 Å². The molecule has 0 amide bonds. The van der Waals surface area contributed by atoms with Crippen molar-refractivity contribution in [3.63, 3.8) is 0 Å². The van der Waals surface area contributed by atoms with Crippen molar-refractivity contribution in [3.05, 3.63) is 27.9 Å². The van der Waals surface area contributed by atoms with Crippen molar-refractivity contribution in [1.82, 2.24) is 9.97 Å². The number of carboxylic acids is 1. The Balaban J connectivity index is 2.36. The number of carbonyl (C=O) groups is 1. The summed E-state index contributed by atoms with van der Waals surface area (Å²) in [7, 11) is 0. The SMILES string of the molecule is O=C(O)CC1CCCc2cnc(=O)[nH]c21. The maximum atomic E-state index is 11.1. The molecule has 1 aliphatic carbocycles. The summed E-state index contributed by atoms with van der Waals surface area (Å²) < 4.78 is 0. The first-order valence-electron chi connectivity index (χ1n) is 4.96. The first kappa shape index (κ1) is 9.89. The molecule has 1 heterocycles. The van der Waals surface area contributed by atoms with Gasteiger partial charge >= 0.3 is 11.7 Å². The van der Waals surface area contributed by atoms with Crippen LogP contribution in [-0.4, -0.2) is 21.0 Å². The van der Waals surface area contributed by atoms with Crippen LogP contribution in [0.25, 0.3) is 0 Å². The number of aliphatic carboxylic acids is 1. The van der Waals surface area contributed by atoms with Gasteiger partial charge < -0.3 is 10.1 Å². The van der Waals surface area contributed by atoms with Crippen molar-refractivity contribution in [3.8, 4) is 0 Å². The van der Waals surface area contributed by atoms with E-state index in [0.29, 0.717) is 0 Å². The smallest absolute Gasteiger partial charge is 0.345 e. The lowest BCUT2D eigenvalue weighted by molar-refractivity contribution is -0.137. The van der Waals surface area contributed by atoms with Crippen LogP contribution in [0.2, 0.25) is 0 Å². The Morgan fingerprint density at radius 2 is 2.47 bits per heavy atom. The van der Waals surface area contributed by atoms with Crippen LogP contribution < -0.4 is 5.69 Å². The highest BCUT2D eigenvalue weighted by Crippen LogP contribution is 2.31. The third kappa shape index (κ3) is 2.06. The van der Waals surface area contributed by atoms with Gasteiger partial charge in [-0.15, -0.1) is 0 Å². The van der Waals surface area contributed by atoms with Gasteiger partial charge in [0.05, 0.1) is 6.42 Å². The van der Waals surface area contributed by atoms with Crippen LogP contribution in [0.15, 0.2) is 11.0 Å². The van der Waals surface area contributed by atoms with Gasteiger partial charge in [0, 0.05) is 17.8 Å². The van der Waals surface area contributed by atoms with Crippen LogP contribution >= 0.6 is 0 Å². The zero-order valence-corrected chi connectivity index (χ0v) is 8.19. The third-order valence-electron chi connectivity index (χ3n) is 2.75. The minimum Gasteiger partial charge on any atom is -0.481 e. The van der Waals surface area contributed by atoms with Crippen LogP contribution in [0.4, 0.5) is 0 Å². The number of aromatic nitrogens is 2. The highest BCUT2D eigenvalue weighted by molar-refractivity contribution is 5.68. The summed E-state index contributed by atoms with van der Waals surface area (Å²) in [6.07, 6.45) is 4.28. The van der Waals surface area contributed by atoms with Crippen molar-refractivity contribution < 1.29 is 9.90 Å². The zero-order valence-electron chi connectivity index (χ0n) is 8.19. The largest absolute Gasteiger partial charge is 0.481 e. The Bertz CT molecular complexity index is 439. The quantitative estimate of drug-likeness (QED) is 0.748. The minimum absolute atomic E-state index is 0.0676. The van der Waals surface area contributed by atoms with Gasteiger partial charge in [-0.25, -0.2) is 9.78 Å². The topological polar surface area (TPSA) is 83.0 Å². The van der Waals surface area contributed by atoms with Crippen molar-refractivity contribution in [2.24, 2.45) is 0 Å². The number of fused-ring (bicyclic) bond motifs is 1. The number of H-pyrrole nitrogens is 1. The van der Waals surface area contributed by atoms with E-state index in [9.17, 15) is 9.59 Å². The number of aromatic amines is 1. The normalized spacial score (nSPS) is 19.6. The first-order valence-corrected chi connectivity index (χ1v) is 4.96. The molecule has 0 spiro atoms. The highest BCUT2D eigenvalue weighted by Gasteiger charge is 2.23. The first-order chi connectivity index (χ1) is 7.16. The average Bonchev–Trinajstić information content (AvgIpc) is 2.18. The number of rotatable bonds is 2. The molecule has 1 aromatic rings. The average molecular weight is 208 g/mol. The lowest BCUT2D eigenvalue weighted by atomic mass is 9.85. The summed E-state index contributed by atoms with van der Waals surface area (Å²) in [5, 5.41) is 8.75. The van der Waals surface area contributed by atoms with E-state index in [2.05, 4.69) is 9.97 Å². The molecule has 80 valence electrons. The molecule has 0 aromatic carbocycles. The fourth-order valence-electron chi connectivity index (χ4n) is 2.10. The molecule has 5 nitrogen and oxygen atoms in total. The number of nitrogens with zero attached hydrogens (tertiary/aromatic N) is 1. The Labute approximate surface area is 86.2 Å². The second kappa shape index (κ2) is 3.84. The summed E-state index contributed by atoms with van der Waals surface area (Å²) >= 11 is 0. The molecule has 0 radical (unpaired) electrons. The lowest BCUT2D eigenvalue weighted by Crippen LogP contribution is -2.21. The number of nitrogens with one attached hydrogen (secondary N) is 1. The molecule has 0 bridgehead atoms. The van der Waals surface area contributed by atoms with Gasteiger partial charge in [0.1, 0.15) is 0 Å². The fraction of sp³-hybridized carbons (Fsp3) is 0.500. The maximum absolute atomic E-state index is 11.1. The summed E-state index contributed by atoms with van der Waals surface area (Å²) in [5.41, 5.74) is 1.35. The van der Waals surface area contributed by atoms with E-state index < -0.39 is 11.7 Å². The molecule has 2 rings (SSSR count). The Morgan fingerprint density at radius 3 is 3.20 bits per heavy atom. The molecule has 1 aromatic heterocycles. The van der Waals surface area contributed by atoms with Crippen molar-refractivity contribution in [2.45, 2.75) is 31.6 Å². The second-order valence-electron chi connectivity index (χ2n) is 3.81. The molecule has 0 aliphatic heterocycles. The number of aryl methyl sites for hydroxylation is 1. The predicted octanol–water partition coefficient (Wildman–Crippen LogP) is 0.664. The summed E-state index contributed by atoms with van der Waals surface area (Å²) in [6, 6.07) is 0. The monoisotopic (exact) mass is 208 g/mol. The molecular weight excluding hydrogens is 196 g/mol. The summed E-state index contributed by atoms with van der Waals surface area (Å²) in [4.78, 5) is 28.0. The molecule has 1 unspecified atom stereocenters. The zero-order chi connectivity index (χ0) is 10.8. The van der Waals surface area contributed by atoms with Crippen LogP contribution in [0, 0.1) is 0 Å². The molecule has 0 saturated heterocycles. The molecule has 1 atom stereocenters. The standard InChI is InChI=1S/C10H12N2O3/c13-8(14)4-6-2-1-3-7-5-11-10(15)12-9(6)7/h5-6H,1-4H2,(H,13,14)(H,11,12,15). The number of carboxylic acid groups (broad SMARTS) is 1. The lowest BCUT2D eigenvalue weighted by Gasteiger charge is -2.22. The van der Waals surface area contributed by atoms with E-state index in [1.807, 2.05) is 0 Å². The van der Waals surface area contributed by atoms with Crippen LogP contribution in [0.5, 0.6) is 0 Å². The van der Waals surface area contributed by atoms with E-state index in [1.54, 1.807) is 6.20 Å². The third-order valence-corrected chi connectivity index (χ3v) is 2.75. The molecule has 2 N–H and O–H groups in total. The number of hydrogen-bond donors (Lipinski definition) is 2. The predicted molar refractivity (Wildman–Crippen MR) is 52.8 cm³/mol. The van der Waals surface area contributed by atoms with Gasteiger partial charge in [0.25, 0.3) is 0 Å². The molecule has 0 saturated carbocycles. The molecule has 5 heteroatoms. The summed E-state index contributed by atoms with van der Waals surface area (Å²) in [6.45, 7) is 0. The molecule has 15 heavy (non-hydrogen) atoms. The van der Waals surface area contributed by atoms with Crippen molar-refractivity contribution in [2.75, 3.05) is 0 Å². The van der Waals surface area contributed by atoms with E-state index in [4.69, 9.17) is 5.11 Å². The van der Waals surface area contributed by atoms with Gasteiger partial charge in [-0.3, -0.25) is 4.79 Å². The second-order valence-corrected chi connectivity index (χ2v) is 3.81. The van der Waals surface area contributed by atoms with Gasteiger partial charge in [-0.05, 0) is 24.8 Å². The van der Waals surface area contributed by atoms with Crippen LogP contribution in [0.1, 0.15) is 36.4 Å². The van der Waals surface area contributed by atoms with E-state index in [1.165, 1.54) is 0 Å². The maximum Gasteiger partial charge on any atom is 0.345 e. The van der Waals surface area contributed by atoms with Gasteiger partial charge in [-0.2, -0.15) is 0 Å². The van der Waals surface area contributed by atoms with E-state index in [0.717, 1.165) is 30.5 Å². The van der Waals surface area contributed by atoms with Crippen LogP contribution in [0.3, 0.4) is 0 Å². The fourth-order valence-corrected chi connectivity index (χ4v) is 2.10. The molecular formula is C10H12N2O3. The van der Waals surface area contributed by atoms with Gasteiger partial charge in [-0.1, -0.05) is 0 Å². The van der Waals surface area contributed by atoms with Gasteiger partial charge in [0.2, 0.25) is 0 Å².